The summed E-state index contributed by atoms with van der Waals surface area (Å²) in [7, 11) is 1.65. The average molecular weight is 720 g/mol. The van der Waals surface area contributed by atoms with Gasteiger partial charge in [0, 0.05) is 36.1 Å². The predicted octanol–water partition coefficient (Wildman–Crippen LogP) is 8.20. The first-order chi connectivity index (χ1) is 25.0. The summed E-state index contributed by atoms with van der Waals surface area (Å²) in [6, 6.07) is 25.7. The monoisotopic (exact) mass is 719 g/mol. The predicted molar refractivity (Wildman–Crippen MR) is 201 cm³/mol. The number of aliphatic hydroxyl groups excluding tert-OH is 1. The number of rotatable bonds is 15. The van der Waals surface area contributed by atoms with Crippen LogP contribution in [0.5, 0.6) is 17.2 Å². The number of nitrogens with zero attached hydrogens (tertiary/aromatic N) is 2. The van der Waals surface area contributed by atoms with Crippen molar-refractivity contribution in [3.63, 3.8) is 0 Å². The van der Waals surface area contributed by atoms with E-state index in [-0.39, 0.29) is 26.1 Å². The van der Waals surface area contributed by atoms with Crippen molar-refractivity contribution in [2.75, 3.05) is 13.7 Å². The zero-order valence-corrected chi connectivity index (χ0v) is 30.5. The number of pyridine rings is 1. The Balaban J connectivity index is 1.42. The van der Waals surface area contributed by atoms with E-state index in [0.717, 1.165) is 50.3 Å². The molecule has 0 radical (unpaired) electrons. The van der Waals surface area contributed by atoms with Crippen LogP contribution in [0.4, 0.5) is 0 Å². The van der Waals surface area contributed by atoms with Gasteiger partial charge in [0.2, 0.25) is 0 Å². The maximum Gasteiger partial charge on any atom is 0.311 e. The third-order valence-electron chi connectivity index (χ3n) is 9.52. The van der Waals surface area contributed by atoms with E-state index in [1.165, 1.54) is 13.1 Å². The van der Waals surface area contributed by atoms with Gasteiger partial charge in [-0.3, -0.25) is 9.78 Å². The van der Waals surface area contributed by atoms with Gasteiger partial charge < -0.3 is 30.2 Å². The van der Waals surface area contributed by atoms with E-state index in [0.29, 0.717) is 39.8 Å². The molecular weight excluding hydrogens is 678 g/mol. The van der Waals surface area contributed by atoms with Crippen LogP contribution in [0, 0.1) is 30.6 Å². The first-order valence-electron chi connectivity index (χ1n) is 16.8. The molecule has 0 bridgehead atoms. The second-order valence-corrected chi connectivity index (χ2v) is 13.4. The quantitative estimate of drug-likeness (QED) is 0.0974. The number of ether oxygens (including phenoxy) is 3. The lowest BCUT2D eigenvalue weighted by atomic mass is 9.85. The van der Waals surface area contributed by atoms with Gasteiger partial charge in [0.05, 0.1) is 29.7 Å². The molecule has 0 spiro atoms. The molecule has 52 heavy (non-hydrogen) atoms. The molecular formula is C42H42ClN3O6. The Morgan fingerprint density at radius 2 is 1.60 bits per heavy atom. The van der Waals surface area contributed by atoms with Crippen LogP contribution in [0.25, 0.3) is 22.3 Å². The van der Waals surface area contributed by atoms with Gasteiger partial charge in [-0.05, 0) is 96.3 Å². The van der Waals surface area contributed by atoms with Crippen molar-refractivity contribution in [3.05, 3.63) is 129 Å². The molecule has 0 fully saturated rings. The molecule has 0 aliphatic carbocycles. The molecule has 0 aliphatic heterocycles. The third-order valence-corrected chi connectivity index (χ3v) is 9.81. The van der Waals surface area contributed by atoms with Crippen LogP contribution >= 0.6 is 11.6 Å². The number of methoxy groups -OCH3 is 1. The fraction of sp³-hybridized carbons (Fsp3) is 0.262. The van der Waals surface area contributed by atoms with Crippen molar-refractivity contribution in [1.29, 1.82) is 5.26 Å². The van der Waals surface area contributed by atoms with E-state index in [1.54, 1.807) is 31.5 Å². The summed E-state index contributed by atoms with van der Waals surface area (Å²) in [5.74, 6) is 0.505. The number of aliphatic carboxylic acids is 1. The van der Waals surface area contributed by atoms with Crippen LogP contribution in [-0.4, -0.2) is 34.9 Å². The lowest BCUT2D eigenvalue weighted by Gasteiger charge is -2.23. The number of hydrogen-bond acceptors (Lipinski definition) is 8. The number of nitriles is 1. The van der Waals surface area contributed by atoms with Crippen LogP contribution in [0.15, 0.2) is 85.2 Å². The summed E-state index contributed by atoms with van der Waals surface area (Å²) >= 11 is 6.77. The summed E-state index contributed by atoms with van der Waals surface area (Å²) in [6.07, 6.45) is 3.51. The largest absolute Gasteiger partial charge is 0.496 e. The maximum absolute atomic E-state index is 11.9. The molecule has 1 heterocycles. The number of aliphatic hydroxyl groups is 1. The molecule has 10 heteroatoms. The number of benzene rings is 4. The number of hydrogen-bond donors (Lipinski definition) is 3. The number of aryl methyl sites for hydroxylation is 1. The Hall–Kier alpha value is -5.40. The Morgan fingerprint density at radius 1 is 0.885 bits per heavy atom. The third kappa shape index (κ3) is 8.38. The molecule has 5 aromatic rings. The number of nitrogens with two attached hydrogens (primary N) is 1. The molecule has 4 aromatic carbocycles. The molecule has 4 N–H and O–H groups in total. The number of aromatic nitrogens is 1. The standard InChI is InChI=1S/C42H42ClN3O6/c1-26-33(7-5-9-35(26)36-10-6-8-34(27(36)2)30-11-12-32(20-45)38(17-30)50-4)24-52-40-18-39(51-23-29-15-28(19-44)21-46-22-29)31(16-37(40)43)13-14-42(3,25-47)41(48)49/h5-12,15-18,21-22,47H,13-14,20,23-25,45H2,1-4H3,(H,48,49)/t42-/m0/s1. The molecule has 268 valence electrons. The highest BCUT2D eigenvalue weighted by Gasteiger charge is 2.32. The SMILES string of the molecule is COc1cc(-c2cccc(-c3cccc(COc4cc(OCc5cncc(C#N)c5)c(CC[C@@](C)(CO)C(=O)O)cc4Cl)c3C)c2C)ccc1CN. The first kappa shape index (κ1) is 37.8. The zero-order chi connectivity index (χ0) is 37.4. The second kappa shape index (κ2) is 16.7. The molecule has 1 aromatic heterocycles. The molecule has 5 rings (SSSR count). The molecule has 1 atom stereocenters. The Kier molecular flexibility index (Phi) is 12.2. The summed E-state index contributed by atoms with van der Waals surface area (Å²) in [5, 5.41) is 29.2. The Morgan fingerprint density at radius 3 is 2.29 bits per heavy atom. The number of carboxylic acids is 1. The minimum atomic E-state index is -1.34. The van der Waals surface area contributed by atoms with E-state index in [4.69, 9.17) is 31.5 Å². The van der Waals surface area contributed by atoms with Crippen molar-refractivity contribution in [2.45, 2.75) is 53.4 Å². The van der Waals surface area contributed by atoms with Crippen LogP contribution < -0.4 is 19.9 Å². The first-order valence-corrected chi connectivity index (χ1v) is 17.2. The van der Waals surface area contributed by atoms with E-state index in [2.05, 4.69) is 55.2 Å². The number of carbonyl (C=O) groups is 1. The van der Waals surface area contributed by atoms with Crippen molar-refractivity contribution in [1.82, 2.24) is 4.98 Å². The van der Waals surface area contributed by atoms with Gasteiger partial charge in [-0.2, -0.15) is 5.26 Å². The lowest BCUT2D eigenvalue weighted by molar-refractivity contribution is -0.150. The zero-order valence-electron chi connectivity index (χ0n) is 29.7. The van der Waals surface area contributed by atoms with Gasteiger partial charge in [-0.25, -0.2) is 0 Å². The Labute approximate surface area is 309 Å². The number of halogens is 1. The molecule has 0 saturated carbocycles. The molecule has 0 amide bonds. The highest BCUT2D eigenvalue weighted by atomic mass is 35.5. The summed E-state index contributed by atoms with van der Waals surface area (Å²) in [6.45, 7) is 5.90. The van der Waals surface area contributed by atoms with E-state index in [9.17, 15) is 20.3 Å². The second-order valence-electron chi connectivity index (χ2n) is 13.0. The fourth-order valence-electron chi connectivity index (χ4n) is 6.08. The van der Waals surface area contributed by atoms with E-state index >= 15 is 0 Å². The molecule has 0 unspecified atom stereocenters. The summed E-state index contributed by atoms with van der Waals surface area (Å²) in [5.41, 5.74) is 14.7. The van der Waals surface area contributed by atoms with Gasteiger partial charge >= 0.3 is 5.97 Å². The van der Waals surface area contributed by atoms with Crippen LogP contribution in [0.3, 0.4) is 0 Å². The maximum atomic E-state index is 11.9. The Bertz CT molecular complexity index is 2130. The molecule has 9 nitrogen and oxygen atoms in total. The van der Waals surface area contributed by atoms with Crippen LogP contribution in [0.1, 0.15) is 52.3 Å². The minimum absolute atomic E-state index is 0.107. The van der Waals surface area contributed by atoms with Gasteiger partial charge in [-0.1, -0.05) is 60.1 Å². The number of carboxylic acid groups (broad SMARTS) is 1. The minimum Gasteiger partial charge on any atom is -0.496 e. The fourth-order valence-corrected chi connectivity index (χ4v) is 6.32. The van der Waals surface area contributed by atoms with Gasteiger partial charge in [0.25, 0.3) is 0 Å². The van der Waals surface area contributed by atoms with Crippen molar-refractivity contribution in [2.24, 2.45) is 11.1 Å². The van der Waals surface area contributed by atoms with Gasteiger partial charge in [0.15, 0.2) is 0 Å². The molecule has 0 saturated heterocycles. The van der Waals surface area contributed by atoms with Gasteiger partial charge in [-0.15, -0.1) is 0 Å². The van der Waals surface area contributed by atoms with E-state index < -0.39 is 18.0 Å². The average Bonchev–Trinajstić information content (AvgIpc) is 3.16. The van der Waals surface area contributed by atoms with Crippen molar-refractivity contribution < 1.29 is 29.2 Å². The van der Waals surface area contributed by atoms with E-state index in [1.807, 2.05) is 24.3 Å². The van der Waals surface area contributed by atoms with Crippen LogP contribution in [-0.2, 0) is 31.0 Å². The van der Waals surface area contributed by atoms with Crippen molar-refractivity contribution >= 4 is 17.6 Å². The smallest absolute Gasteiger partial charge is 0.311 e. The van der Waals surface area contributed by atoms with Gasteiger partial charge in [0.1, 0.15) is 36.5 Å². The lowest BCUT2D eigenvalue weighted by Crippen LogP contribution is -2.32. The normalized spacial score (nSPS) is 12.1. The van der Waals surface area contributed by atoms with Crippen molar-refractivity contribution in [3.8, 4) is 45.6 Å². The highest BCUT2D eigenvalue weighted by molar-refractivity contribution is 6.32. The topological polar surface area (TPSA) is 148 Å². The highest BCUT2D eigenvalue weighted by Crippen LogP contribution is 2.38. The van der Waals surface area contributed by atoms with Crippen LogP contribution in [0.2, 0.25) is 5.02 Å². The molecule has 0 aliphatic rings. The summed E-state index contributed by atoms with van der Waals surface area (Å²) < 4.78 is 18.1. The summed E-state index contributed by atoms with van der Waals surface area (Å²) in [4.78, 5) is 16.0.